The summed E-state index contributed by atoms with van der Waals surface area (Å²) in [5.74, 6) is 0.126. The molecule has 2 heteroatoms. The lowest BCUT2D eigenvalue weighted by Gasteiger charge is -2.36. The van der Waals surface area contributed by atoms with Crippen molar-refractivity contribution >= 4 is 5.78 Å². The van der Waals surface area contributed by atoms with Crippen molar-refractivity contribution < 1.29 is 4.79 Å². The maximum Gasteiger partial charge on any atom is 0.159 e. The largest absolute Gasteiger partial charge is 0.300 e. The van der Waals surface area contributed by atoms with Crippen LogP contribution in [0.3, 0.4) is 0 Å². The van der Waals surface area contributed by atoms with E-state index in [1.165, 1.54) is 61.0 Å². The number of carbonyl (C=O) groups is 1. The predicted octanol–water partition coefficient (Wildman–Crippen LogP) is 5.54. The lowest BCUT2D eigenvalue weighted by Crippen LogP contribution is -2.40. The molecule has 0 N–H and O–H groups in total. The normalized spacial score (nSPS) is 16.5. The molecule has 1 aliphatic carbocycles. The SMILES string of the molecule is CCCN(CCC)[C@H]1CCc2cccc(-c3ccc(C(C)=O)cc3)c2C1. The molecular weight excluding hydrogens is 318 g/mol. The third kappa shape index (κ3) is 4.07. The van der Waals surface area contributed by atoms with Crippen LogP contribution >= 0.6 is 0 Å². The first kappa shape index (κ1) is 18.8. The van der Waals surface area contributed by atoms with Crippen LogP contribution in [0.4, 0.5) is 0 Å². The van der Waals surface area contributed by atoms with E-state index in [0.29, 0.717) is 6.04 Å². The predicted molar refractivity (Wildman–Crippen MR) is 110 cm³/mol. The van der Waals surface area contributed by atoms with E-state index in [1.54, 1.807) is 6.92 Å². The van der Waals surface area contributed by atoms with Gasteiger partial charge in [-0.1, -0.05) is 56.3 Å². The molecule has 0 radical (unpaired) electrons. The second kappa shape index (κ2) is 8.64. The average Bonchev–Trinajstić information content (AvgIpc) is 2.67. The molecule has 2 aromatic carbocycles. The van der Waals surface area contributed by atoms with Gasteiger partial charge < -0.3 is 4.90 Å². The molecule has 26 heavy (non-hydrogen) atoms. The molecule has 0 spiro atoms. The quantitative estimate of drug-likeness (QED) is 0.612. The van der Waals surface area contributed by atoms with E-state index < -0.39 is 0 Å². The summed E-state index contributed by atoms with van der Waals surface area (Å²) in [6.07, 6.45) is 6.01. The number of ketones is 1. The molecule has 0 saturated carbocycles. The number of nitrogens with zero attached hydrogens (tertiary/aromatic N) is 1. The van der Waals surface area contributed by atoms with Gasteiger partial charge in [-0.05, 0) is 74.4 Å². The van der Waals surface area contributed by atoms with E-state index in [1.807, 2.05) is 12.1 Å². The fourth-order valence-electron chi connectivity index (χ4n) is 4.29. The van der Waals surface area contributed by atoms with Crippen LogP contribution in [0.5, 0.6) is 0 Å². The molecule has 2 nitrogen and oxygen atoms in total. The Morgan fingerprint density at radius 2 is 1.73 bits per heavy atom. The zero-order valence-electron chi connectivity index (χ0n) is 16.4. The Morgan fingerprint density at radius 1 is 1.04 bits per heavy atom. The number of hydrogen-bond donors (Lipinski definition) is 0. The van der Waals surface area contributed by atoms with Gasteiger partial charge in [0.15, 0.2) is 5.78 Å². The van der Waals surface area contributed by atoms with E-state index in [0.717, 1.165) is 12.0 Å². The molecule has 1 atom stereocenters. The Labute approximate surface area is 158 Å². The van der Waals surface area contributed by atoms with Gasteiger partial charge in [0, 0.05) is 11.6 Å². The number of fused-ring (bicyclic) bond motifs is 1. The minimum atomic E-state index is 0.126. The van der Waals surface area contributed by atoms with Crippen molar-refractivity contribution in [3.05, 3.63) is 59.2 Å². The van der Waals surface area contributed by atoms with Gasteiger partial charge in [0.1, 0.15) is 0 Å². The van der Waals surface area contributed by atoms with Crippen molar-refractivity contribution in [3.63, 3.8) is 0 Å². The van der Waals surface area contributed by atoms with Crippen LogP contribution in [-0.2, 0) is 12.8 Å². The highest BCUT2D eigenvalue weighted by atomic mass is 16.1. The summed E-state index contributed by atoms with van der Waals surface area (Å²) >= 11 is 0. The van der Waals surface area contributed by atoms with Crippen molar-refractivity contribution in [2.24, 2.45) is 0 Å². The maximum atomic E-state index is 11.6. The van der Waals surface area contributed by atoms with Crippen LogP contribution in [0.1, 0.15) is 61.5 Å². The molecule has 138 valence electrons. The Hall–Kier alpha value is -1.93. The molecule has 0 fully saturated rings. The Balaban J connectivity index is 1.90. The van der Waals surface area contributed by atoms with Crippen molar-refractivity contribution in [1.29, 1.82) is 0 Å². The van der Waals surface area contributed by atoms with Crippen LogP contribution in [0.2, 0.25) is 0 Å². The van der Waals surface area contributed by atoms with Gasteiger partial charge in [-0.2, -0.15) is 0 Å². The molecule has 0 aliphatic heterocycles. The lowest BCUT2D eigenvalue weighted by atomic mass is 9.82. The number of Topliss-reactive ketones (excluding diaryl/α,β-unsaturated/α-hetero) is 1. The van der Waals surface area contributed by atoms with E-state index in [4.69, 9.17) is 0 Å². The third-order valence-corrected chi connectivity index (χ3v) is 5.60. The Morgan fingerprint density at radius 3 is 2.35 bits per heavy atom. The fourth-order valence-corrected chi connectivity index (χ4v) is 4.29. The van der Waals surface area contributed by atoms with E-state index in [2.05, 4.69) is 49.1 Å². The summed E-state index contributed by atoms with van der Waals surface area (Å²) in [6, 6.07) is 15.5. The number of carbonyl (C=O) groups excluding carboxylic acids is 1. The van der Waals surface area contributed by atoms with E-state index in [9.17, 15) is 4.79 Å². The molecule has 0 unspecified atom stereocenters. The minimum absolute atomic E-state index is 0.126. The van der Waals surface area contributed by atoms with Crippen LogP contribution in [0, 0.1) is 0 Å². The Bertz CT molecular complexity index is 741. The van der Waals surface area contributed by atoms with Crippen molar-refractivity contribution in [3.8, 4) is 11.1 Å². The molecule has 2 aromatic rings. The second-order valence-corrected chi connectivity index (χ2v) is 7.51. The van der Waals surface area contributed by atoms with Gasteiger partial charge in [-0.3, -0.25) is 4.79 Å². The summed E-state index contributed by atoms with van der Waals surface area (Å²) < 4.78 is 0. The number of aryl methyl sites for hydroxylation is 1. The first-order valence-electron chi connectivity index (χ1n) is 10.1. The lowest BCUT2D eigenvalue weighted by molar-refractivity contribution is 0.101. The average molecular weight is 350 g/mol. The molecular formula is C24H31NO. The van der Waals surface area contributed by atoms with Gasteiger partial charge in [-0.25, -0.2) is 0 Å². The van der Waals surface area contributed by atoms with Gasteiger partial charge in [0.05, 0.1) is 0 Å². The standard InChI is InChI=1S/C24H31NO/c1-4-15-25(16-5-2)22-14-13-20-7-6-8-23(24(20)17-22)21-11-9-19(10-12-21)18(3)26/h6-12,22H,4-5,13-17H2,1-3H3/t22-/m0/s1. The molecule has 0 saturated heterocycles. The van der Waals surface area contributed by atoms with Crippen LogP contribution in [0.25, 0.3) is 11.1 Å². The number of rotatable bonds is 7. The number of benzene rings is 2. The zero-order chi connectivity index (χ0) is 18.5. The molecule has 0 bridgehead atoms. The zero-order valence-corrected chi connectivity index (χ0v) is 16.4. The van der Waals surface area contributed by atoms with Crippen LogP contribution in [-0.4, -0.2) is 29.8 Å². The highest BCUT2D eigenvalue weighted by molar-refractivity contribution is 5.94. The van der Waals surface area contributed by atoms with Crippen molar-refractivity contribution in [2.45, 2.75) is 58.9 Å². The monoisotopic (exact) mass is 349 g/mol. The van der Waals surface area contributed by atoms with Crippen LogP contribution < -0.4 is 0 Å². The van der Waals surface area contributed by atoms with E-state index in [-0.39, 0.29) is 5.78 Å². The first-order chi connectivity index (χ1) is 12.6. The van der Waals surface area contributed by atoms with Gasteiger partial charge in [-0.15, -0.1) is 0 Å². The summed E-state index contributed by atoms with van der Waals surface area (Å²) in [5, 5.41) is 0. The second-order valence-electron chi connectivity index (χ2n) is 7.51. The van der Waals surface area contributed by atoms with Crippen molar-refractivity contribution in [2.75, 3.05) is 13.1 Å². The van der Waals surface area contributed by atoms with E-state index >= 15 is 0 Å². The highest BCUT2D eigenvalue weighted by Gasteiger charge is 2.25. The van der Waals surface area contributed by atoms with Gasteiger partial charge in [0.25, 0.3) is 0 Å². The van der Waals surface area contributed by atoms with Crippen molar-refractivity contribution in [1.82, 2.24) is 4.90 Å². The summed E-state index contributed by atoms with van der Waals surface area (Å²) in [4.78, 5) is 14.3. The molecule has 0 amide bonds. The fraction of sp³-hybridized carbons (Fsp3) is 0.458. The smallest absolute Gasteiger partial charge is 0.159 e. The van der Waals surface area contributed by atoms with Crippen LogP contribution in [0.15, 0.2) is 42.5 Å². The maximum absolute atomic E-state index is 11.6. The number of hydrogen-bond acceptors (Lipinski definition) is 2. The molecule has 0 heterocycles. The molecule has 3 rings (SSSR count). The third-order valence-electron chi connectivity index (χ3n) is 5.60. The molecule has 0 aromatic heterocycles. The topological polar surface area (TPSA) is 20.3 Å². The summed E-state index contributed by atoms with van der Waals surface area (Å²) in [7, 11) is 0. The Kier molecular flexibility index (Phi) is 6.26. The first-order valence-corrected chi connectivity index (χ1v) is 10.1. The molecule has 1 aliphatic rings. The minimum Gasteiger partial charge on any atom is -0.300 e. The highest BCUT2D eigenvalue weighted by Crippen LogP contribution is 2.33. The summed E-state index contributed by atoms with van der Waals surface area (Å²) in [5.41, 5.74) is 6.37. The summed E-state index contributed by atoms with van der Waals surface area (Å²) in [6.45, 7) is 8.58. The van der Waals surface area contributed by atoms with Gasteiger partial charge in [0.2, 0.25) is 0 Å². The van der Waals surface area contributed by atoms with Gasteiger partial charge >= 0.3 is 0 Å².